The van der Waals surface area contributed by atoms with Crippen molar-refractivity contribution in [1.82, 2.24) is 10.2 Å². The van der Waals surface area contributed by atoms with E-state index < -0.39 is 0 Å². The third-order valence-electron chi connectivity index (χ3n) is 3.96. The van der Waals surface area contributed by atoms with E-state index in [0.29, 0.717) is 6.04 Å². The lowest BCUT2D eigenvalue weighted by atomic mass is 10.1. The van der Waals surface area contributed by atoms with E-state index in [1.807, 2.05) is 6.07 Å². The summed E-state index contributed by atoms with van der Waals surface area (Å²) < 4.78 is 5.63. The minimum absolute atomic E-state index is 0.358. The molecule has 0 radical (unpaired) electrons. The highest BCUT2D eigenvalue weighted by Gasteiger charge is 2.24. The standard InChI is InChI=1S/C17H22N2O/c1-2-7-15(8-3-1)13-18-14-16(17-9-6-12-20-17)19-10-4-5-11-19/h1-3,6-9,12,16,18H,4-5,10-11,13-14H2. The van der Waals surface area contributed by atoms with Crippen LogP contribution in [0.1, 0.15) is 30.2 Å². The minimum atomic E-state index is 0.358. The molecule has 1 fully saturated rings. The molecule has 20 heavy (non-hydrogen) atoms. The van der Waals surface area contributed by atoms with Gasteiger partial charge in [-0.1, -0.05) is 30.3 Å². The van der Waals surface area contributed by atoms with Gasteiger partial charge in [-0.2, -0.15) is 0 Å². The van der Waals surface area contributed by atoms with E-state index in [-0.39, 0.29) is 0 Å². The van der Waals surface area contributed by atoms with E-state index in [1.165, 1.54) is 31.5 Å². The fourth-order valence-electron chi connectivity index (χ4n) is 2.89. The monoisotopic (exact) mass is 270 g/mol. The molecule has 0 aliphatic carbocycles. The number of furan rings is 1. The summed E-state index contributed by atoms with van der Waals surface area (Å²) in [6.45, 7) is 4.20. The average Bonchev–Trinajstić information content (AvgIpc) is 3.18. The lowest BCUT2D eigenvalue weighted by Gasteiger charge is -2.26. The summed E-state index contributed by atoms with van der Waals surface area (Å²) in [5, 5.41) is 3.57. The molecule has 106 valence electrons. The summed E-state index contributed by atoms with van der Waals surface area (Å²) in [5.41, 5.74) is 1.33. The van der Waals surface area contributed by atoms with Crippen LogP contribution in [0.3, 0.4) is 0 Å². The molecule has 3 nitrogen and oxygen atoms in total. The van der Waals surface area contributed by atoms with Crippen molar-refractivity contribution in [1.29, 1.82) is 0 Å². The molecule has 1 aromatic heterocycles. The Balaban J connectivity index is 1.59. The molecule has 3 heteroatoms. The molecule has 1 aliphatic rings. The zero-order chi connectivity index (χ0) is 13.6. The van der Waals surface area contributed by atoms with Crippen LogP contribution in [0, 0.1) is 0 Å². The summed E-state index contributed by atoms with van der Waals surface area (Å²) in [4.78, 5) is 2.52. The van der Waals surface area contributed by atoms with Crippen molar-refractivity contribution < 1.29 is 4.42 Å². The molecule has 3 rings (SSSR count). The molecule has 1 atom stereocenters. The summed E-state index contributed by atoms with van der Waals surface area (Å²) in [6.07, 6.45) is 4.38. The predicted molar refractivity (Wildman–Crippen MR) is 80.4 cm³/mol. The van der Waals surface area contributed by atoms with Crippen molar-refractivity contribution in [3.8, 4) is 0 Å². The Morgan fingerprint density at radius 3 is 2.55 bits per heavy atom. The van der Waals surface area contributed by atoms with Crippen LogP contribution in [0.5, 0.6) is 0 Å². The number of hydrogen-bond donors (Lipinski definition) is 1. The fraction of sp³-hybridized carbons (Fsp3) is 0.412. The van der Waals surface area contributed by atoms with Crippen LogP contribution in [0.15, 0.2) is 53.1 Å². The number of nitrogens with one attached hydrogen (secondary N) is 1. The number of hydrogen-bond acceptors (Lipinski definition) is 3. The van der Waals surface area contributed by atoms with Crippen molar-refractivity contribution in [2.75, 3.05) is 19.6 Å². The first-order valence-electron chi connectivity index (χ1n) is 7.45. The van der Waals surface area contributed by atoms with Crippen LogP contribution >= 0.6 is 0 Å². The molecule has 1 aromatic carbocycles. The molecule has 0 amide bonds. The normalized spacial score (nSPS) is 17.4. The second-order valence-electron chi connectivity index (χ2n) is 5.39. The number of nitrogens with zero attached hydrogens (tertiary/aromatic N) is 1. The van der Waals surface area contributed by atoms with E-state index >= 15 is 0 Å². The first-order valence-corrected chi connectivity index (χ1v) is 7.45. The number of rotatable bonds is 6. The first kappa shape index (κ1) is 13.4. The molecule has 1 aliphatic heterocycles. The predicted octanol–water partition coefficient (Wildman–Crippen LogP) is 3.21. The van der Waals surface area contributed by atoms with Gasteiger partial charge in [0.05, 0.1) is 12.3 Å². The summed E-state index contributed by atoms with van der Waals surface area (Å²) in [5.74, 6) is 1.08. The van der Waals surface area contributed by atoms with Gasteiger partial charge < -0.3 is 9.73 Å². The summed E-state index contributed by atoms with van der Waals surface area (Å²) in [7, 11) is 0. The lowest BCUT2D eigenvalue weighted by Crippen LogP contribution is -2.33. The third-order valence-corrected chi connectivity index (χ3v) is 3.96. The smallest absolute Gasteiger partial charge is 0.122 e. The highest BCUT2D eigenvalue weighted by molar-refractivity contribution is 5.14. The van der Waals surface area contributed by atoms with Gasteiger partial charge >= 0.3 is 0 Å². The van der Waals surface area contributed by atoms with Crippen LogP contribution in [0.25, 0.3) is 0 Å². The third kappa shape index (κ3) is 3.30. The zero-order valence-corrected chi connectivity index (χ0v) is 11.8. The second kappa shape index (κ2) is 6.73. The van der Waals surface area contributed by atoms with Gasteiger partial charge in [-0.15, -0.1) is 0 Å². The highest BCUT2D eigenvalue weighted by atomic mass is 16.3. The van der Waals surface area contributed by atoms with Crippen molar-refractivity contribution >= 4 is 0 Å². The largest absolute Gasteiger partial charge is 0.468 e. The van der Waals surface area contributed by atoms with E-state index in [4.69, 9.17) is 4.42 Å². The van der Waals surface area contributed by atoms with Gasteiger partial charge in [0.15, 0.2) is 0 Å². The molecule has 1 saturated heterocycles. The van der Waals surface area contributed by atoms with Crippen molar-refractivity contribution in [3.63, 3.8) is 0 Å². The van der Waals surface area contributed by atoms with Gasteiger partial charge in [-0.25, -0.2) is 0 Å². The topological polar surface area (TPSA) is 28.4 Å². The Hall–Kier alpha value is -1.58. The van der Waals surface area contributed by atoms with Crippen molar-refractivity contribution in [2.45, 2.75) is 25.4 Å². The van der Waals surface area contributed by atoms with Gasteiger partial charge in [0.2, 0.25) is 0 Å². The first-order chi connectivity index (χ1) is 9.93. The Labute approximate surface area is 120 Å². The molecule has 0 spiro atoms. The van der Waals surface area contributed by atoms with E-state index in [0.717, 1.165) is 18.8 Å². The molecule has 2 aromatic rings. The lowest BCUT2D eigenvalue weighted by molar-refractivity contribution is 0.209. The highest BCUT2D eigenvalue weighted by Crippen LogP contribution is 2.24. The van der Waals surface area contributed by atoms with Crippen molar-refractivity contribution in [2.24, 2.45) is 0 Å². The Bertz CT molecular complexity index is 489. The molecule has 1 unspecified atom stereocenters. The van der Waals surface area contributed by atoms with E-state index in [2.05, 4.69) is 46.6 Å². The maximum absolute atomic E-state index is 5.63. The summed E-state index contributed by atoms with van der Waals surface area (Å²) >= 11 is 0. The molecule has 0 bridgehead atoms. The Morgan fingerprint density at radius 1 is 1.05 bits per heavy atom. The fourth-order valence-corrected chi connectivity index (χ4v) is 2.89. The Kier molecular flexibility index (Phi) is 4.51. The molecule has 2 heterocycles. The number of benzene rings is 1. The maximum Gasteiger partial charge on any atom is 0.122 e. The van der Waals surface area contributed by atoms with Gasteiger partial charge in [0.25, 0.3) is 0 Å². The molecule has 0 saturated carbocycles. The van der Waals surface area contributed by atoms with E-state index in [9.17, 15) is 0 Å². The van der Waals surface area contributed by atoms with Crippen LogP contribution in [-0.2, 0) is 6.54 Å². The quantitative estimate of drug-likeness (QED) is 0.873. The van der Waals surface area contributed by atoms with Gasteiger partial charge in [-0.05, 0) is 43.6 Å². The van der Waals surface area contributed by atoms with Crippen LogP contribution < -0.4 is 5.32 Å². The minimum Gasteiger partial charge on any atom is -0.468 e. The summed E-state index contributed by atoms with van der Waals surface area (Å²) in [6, 6.07) is 15.0. The van der Waals surface area contributed by atoms with Crippen LogP contribution in [0.2, 0.25) is 0 Å². The van der Waals surface area contributed by atoms with Crippen LogP contribution in [-0.4, -0.2) is 24.5 Å². The number of likely N-dealkylation sites (tertiary alicyclic amines) is 1. The zero-order valence-electron chi connectivity index (χ0n) is 11.8. The van der Waals surface area contributed by atoms with Crippen molar-refractivity contribution in [3.05, 3.63) is 60.1 Å². The SMILES string of the molecule is c1ccc(CNCC(c2ccco2)N2CCCC2)cc1. The van der Waals surface area contributed by atoms with Gasteiger partial charge in [-0.3, -0.25) is 4.90 Å². The van der Waals surface area contributed by atoms with Crippen LogP contribution in [0.4, 0.5) is 0 Å². The molecular formula is C17H22N2O. The molecular weight excluding hydrogens is 248 g/mol. The molecule has 1 N–H and O–H groups in total. The Morgan fingerprint density at radius 2 is 1.85 bits per heavy atom. The maximum atomic E-state index is 5.63. The van der Waals surface area contributed by atoms with E-state index in [1.54, 1.807) is 6.26 Å². The van der Waals surface area contributed by atoms with Gasteiger partial charge in [0.1, 0.15) is 5.76 Å². The van der Waals surface area contributed by atoms with Gasteiger partial charge in [0, 0.05) is 13.1 Å². The average molecular weight is 270 g/mol. The second-order valence-corrected chi connectivity index (χ2v) is 5.39.